The summed E-state index contributed by atoms with van der Waals surface area (Å²) in [5.41, 5.74) is 2.24. The van der Waals surface area contributed by atoms with Crippen molar-refractivity contribution in [1.29, 1.82) is 0 Å². The average Bonchev–Trinajstić information content (AvgIpc) is 3.07. The van der Waals surface area contributed by atoms with E-state index < -0.39 is 0 Å². The molecular formula is C21H14N2O2. The van der Waals surface area contributed by atoms with Gasteiger partial charge in [-0.05, 0) is 24.3 Å². The minimum atomic E-state index is -0.277. The van der Waals surface area contributed by atoms with Gasteiger partial charge in [0.2, 0.25) is 5.78 Å². The van der Waals surface area contributed by atoms with Crippen molar-refractivity contribution in [2.24, 2.45) is 0 Å². The zero-order valence-corrected chi connectivity index (χ0v) is 13.3. The number of benzene rings is 3. The average molecular weight is 326 g/mol. The van der Waals surface area contributed by atoms with E-state index >= 15 is 0 Å². The molecule has 0 aliphatic heterocycles. The number of fused-ring (bicyclic) bond motifs is 1. The van der Waals surface area contributed by atoms with E-state index in [4.69, 9.17) is 0 Å². The largest absolute Gasteiger partial charge is 0.285 e. The molecule has 25 heavy (non-hydrogen) atoms. The number of hydrogen-bond donors (Lipinski definition) is 0. The molecule has 0 amide bonds. The number of para-hydroxylation sites is 2. The van der Waals surface area contributed by atoms with Crippen LogP contribution in [0.3, 0.4) is 0 Å². The molecule has 4 rings (SSSR count). The second-order valence-corrected chi connectivity index (χ2v) is 5.63. The predicted molar refractivity (Wildman–Crippen MR) is 95.8 cm³/mol. The maximum atomic E-state index is 13.0. The van der Waals surface area contributed by atoms with Crippen molar-refractivity contribution in [2.45, 2.75) is 0 Å². The Labute approximate surface area is 144 Å². The van der Waals surface area contributed by atoms with Crippen molar-refractivity contribution >= 4 is 22.7 Å². The molecule has 120 valence electrons. The van der Waals surface area contributed by atoms with Gasteiger partial charge >= 0.3 is 0 Å². The Balaban J connectivity index is 1.93. The summed E-state index contributed by atoms with van der Waals surface area (Å²) in [4.78, 5) is 30.4. The van der Waals surface area contributed by atoms with E-state index in [1.54, 1.807) is 60.7 Å². The molecule has 1 aromatic heterocycles. The maximum Gasteiger partial charge on any atom is 0.264 e. The molecule has 0 bridgehead atoms. The molecule has 4 nitrogen and oxygen atoms in total. The Hall–Kier alpha value is -3.53. The molecule has 4 aromatic rings. The summed E-state index contributed by atoms with van der Waals surface area (Å²) < 4.78 is 1.40. The van der Waals surface area contributed by atoms with Crippen LogP contribution in [0.5, 0.6) is 0 Å². The molecule has 0 fully saturated rings. The second-order valence-electron chi connectivity index (χ2n) is 5.63. The summed E-state index contributed by atoms with van der Waals surface area (Å²) in [5, 5.41) is 0. The van der Waals surface area contributed by atoms with Gasteiger partial charge in [0, 0.05) is 11.1 Å². The van der Waals surface area contributed by atoms with E-state index in [2.05, 4.69) is 4.98 Å². The third kappa shape index (κ3) is 2.64. The number of nitrogens with zero attached hydrogens (tertiary/aromatic N) is 2. The summed E-state index contributed by atoms with van der Waals surface area (Å²) >= 11 is 0. The molecule has 4 heteroatoms. The van der Waals surface area contributed by atoms with Crippen molar-refractivity contribution in [3.63, 3.8) is 0 Å². The van der Waals surface area contributed by atoms with Gasteiger partial charge < -0.3 is 0 Å². The molecular weight excluding hydrogens is 312 g/mol. The highest BCUT2D eigenvalue weighted by Crippen LogP contribution is 2.20. The molecule has 0 unspecified atom stereocenters. The molecule has 0 radical (unpaired) electrons. The molecule has 0 aliphatic carbocycles. The lowest BCUT2D eigenvalue weighted by molar-refractivity contribution is 0.0935. The third-order valence-corrected chi connectivity index (χ3v) is 4.02. The maximum absolute atomic E-state index is 13.0. The molecule has 0 atom stereocenters. The van der Waals surface area contributed by atoms with Gasteiger partial charge in [0.15, 0.2) is 5.82 Å². The smallest absolute Gasteiger partial charge is 0.264 e. The van der Waals surface area contributed by atoms with Crippen LogP contribution in [0.2, 0.25) is 0 Å². The summed E-state index contributed by atoms with van der Waals surface area (Å²) in [7, 11) is 0. The molecule has 0 N–H and O–H groups in total. The van der Waals surface area contributed by atoms with Gasteiger partial charge in [-0.3, -0.25) is 14.2 Å². The van der Waals surface area contributed by atoms with Crippen molar-refractivity contribution in [1.82, 2.24) is 9.55 Å². The highest BCUT2D eigenvalue weighted by molar-refractivity contribution is 6.13. The normalized spacial score (nSPS) is 10.7. The van der Waals surface area contributed by atoms with E-state index in [0.29, 0.717) is 22.2 Å². The fourth-order valence-corrected chi connectivity index (χ4v) is 2.81. The Bertz CT molecular complexity index is 1070. The summed E-state index contributed by atoms with van der Waals surface area (Å²) in [5.74, 6) is -0.420. The Morgan fingerprint density at radius 1 is 0.680 bits per heavy atom. The minimum Gasteiger partial charge on any atom is -0.285 e. The first kappa shape index (κ1) is 15.0. The first-order valence-electron chi connectivity index (χ1n) is 7.92. The van der Waals surface area contributed by atoms with E-state index in [-0.39, 0.29) is 17.5 Å². The number of hydrogen-bond acceptors (Lipinski definition) is 3. The SMILES string of the molecule is O=C(c1ccccc1)c1nc2ccccc2n1C(=O)c1ccccc1. The number of imidazole rings is 1. The number of carbonyl (C=O) groups excluding carboxylic acids is 2. The molecule has 0 aliphatic rings. The summed E-state index contributed by atoms with van der Waals surface area (Å²) in [6, 6.07) is 25.0. The zero-order chi connectivity index (χ0) is 17.2. The van der Waals surface area contributed by atoms with Gasteiger partial charge in [0.25, 0.3) is 5.91 Å². The number of rotatable bonds is 3. The fraction of sp³-hybridized carbons (Fsp3) is 0. The van der Waals surface area contributed by atoms with E-state index in [1.165, 1.54) is 4.57 Å². The predicted octanol–water partition coefficient (Wildman–Crippen LogP) is 3.96. The first-order valence-corrected chi connectivity index (χ1v) is 7.92. The van der Waals surface area contributed by atoms with Gasteiger partial charge in [-0.25, -0.2) is 4.98 Å². The van der Waals surface area contributed by atoms with E-state index in [0.717, 1.165) is 0 Å². The monoisotopic (exact) mass is 326 g/mol. The van der Waals surface area contributed by atoms with Crippen LogP contribution in [0.15, 0.2) is 84.9 Å². The van der Waals surface area contributed by atoms with Crippen LogP contribution in [0.1, 0.15) is 26.5 Å². The Kier molecular flexibility index (Phi) is 3.71. The van der Waals surface area contributed by atoms with Crippen LogP contribution in [-0.2, 0) is 0 Å². The van der Waals surface area contributed by atoms with Gasteiger partial charge in [0.1, 0.15) is 0 Å². The van der Waals surface area contributed by atoms with Crippen molar-refractivity contribution in [3.05, 3.63) is 102 Å². The molecule has 0 saturated carbocycles. The quantitative estimate of drug-likeness (QED) is 0.536. The van der Waals surface area contributed by atoms with Crippen LogP contribution in [0, 0.1) is 0 Å². The fourth-order valence-electron chi connectivity index (χ4n) is 2.81. The number of aromatic nitrogens is 2. The lowest BCUT2D eigenvalue weighted by Gasteiger charge is -2.07. The third-order valence-electron chi connectivity index (χ3n) is 4.02. The second kappa shape index (κ2) is 6.17. The lowest BCUT2D eigenvalue weighted by Crippen LogP contribution is -2.19. The number of carbonyl (C=O) groups is 2. The van der Waals surface area contributed by atoms with Crippen LogP contribution in [-0.4, -0.2) is 21.2 Å². The first-order chi connectivity index (χ1) is 12.3. The highest BCUT2D eigenvalue weighted by Gasteiger charge is 2.23. The van der Waals surface area contributed by atoms with Crippen molar-refractivity contribution < 1.29 is 9.59 Å². The Morgan fingerprint density at radius 3 is 1.92 bits per heavy atom. The zero-order valence-electron chi connectivity index (χ0n) is 13.3. The number of ketones is 1. The lowest BCUT2D eigenvalue weighted by atomic mass is 10.1. The van der Waals surface area contributed by atoms with Gasteiger partial charge in [-0.1, -0.05) is 60.7 Å². The molecule has 1 heterocycles. The summed E-state index contributed by atoms with van der Waals surface area (Å²) in [6.45, 7) is 0. The highest BCUT2D eigenvalue weighted by atomic mass is 16.2. The van der Waals surface area contributed by atoms with E-state index in [1.807, 2.05) is 24.3 Å². The van der Waals surface area contributed by atoms with Crippen LogP contribution < -0.4 is 0 Å². The van der Waals surface area contributed by atoms with Crippen LogP contribution >= 0.6 is 0 Å². The standard InChI is InChI=1S/C21H14N2O2/c24-19(15-9-3-1-4-10-15)20-22-17-13-7-8-14-18(17)23(20)21(25)16-11-5-2-6-12-16/h1-14H. The molecule has 0 spiro atoms. The molecule has 0 saturated heterocycles. The van der Waals surface area contributed by atoms with Gasteiger partial charge in [0.05, 0.1) is 11.0 Å². The Morgan fingerprint density at radius 2 is 1.24 bits per heavy atom. The van der Waals surface area contributed by atoms with Crippen LogP contribution in [0.4, 0.5) is 0 Å². The van der Waals surface area contributed by atoms with Gasteiger partial charge in [-0.15, -0.1) is 0 Å². The molecule has 3 aromatic carbocycles. The van der Waals surface area contributed by atoms with Crippen molar-refractivity contribution in [3.8, 4) is 0 Å². The topological polar surface area (TPSA) is 52.0 Å². The van der Waals surface area contributed by atoms with Gasteiger partial charge in [-0.2, -0.15) is 0 Å². The van der Waals surface area contributed by atoms with E-state index in [9.17, 15) is 9.59 Å². The van der Waals surface area contributed by atoms with Crippen LogP contribution in [0.25, 0.3) is 11.0 Å². The summed E-state index contributed by atoms with van der Waals surface area (Å²) in [6.07, 6.45) is 0. The minimum absolute atomic E-state index is 0.126. The van der Waals surface area contributed by atoms with Crippen molar-refractivity contribution in [2.75, 3.05) is 0 Å².